The van der Waals surface area contributed by atoms with Crippen molar-refractivity contribution in [2.75, 3.05) is 26.2 Å². The Hall–Kier alpha value is -0.610. The van der Waals surface area contributed by atoms with Crippen LogP contribution in [0.1, 0.15) is 40.0 Å². The molecule has 1 aliphatic rings. The minimum Gasteiger partial charge on any atom is -0.356 e. The number of rotatable bonds is 7. The number of nitrogens with zero attached hydrogens (tertiary/aromatic N) is 1. The van der Waals surface area contributed by atoms with E-state index in [1.54, 1.807) is 0 Å². The maximum atomic E-state index is 11.7. The number of likely N-dealkylation sites (tertiary alicyclic amines) is 1. The van der Waals surface area contributed by atoms with Crippen LogP contribution in [0.2, 0.25) is 0 Å². The molecule has 0 aromatic carbocycles. The number of nitrogens with one attached hydrogen (secondary N) is 1. The molecule has 0 aromatic rings. The van der Waals surface area contributed by atoms with Gasteiger partial charge in [0.1, 0.15) is 0 Å². The van der Waals surface area contributed by atoms with E-state index in [4.69, 9.17) is 5.73 Å². The van der Waals surface area contributed by atoms with Crippen LogP contribution >= 0.6 is 0 Å². The highest BCUT2D eigenvalue weighted by atomic mass is 16.1. The van der Waals surface area contributed by atoms with Gasteiger partial charge in [0.2, 0.25) is 5.91 Å². The van der Waals surface area contributed by atoms with E-state index in [0.29, 0.717) is 30.8 Å². The number of hydrogen-bond acceptors (Lipinski definition) is 3. The maximum absolute atomic E-state index is 11.7. The summed E-state index contributed by atoms with van der Waals surface area (Å²) in [7, 11) is 0. The van der Waals surface area contributed by atoms with Gasteiger partial charge in [-0.2, -0.15) is 0 Å². The SMILES string of the molecule is CC(CN)CCC(=O)NCC1CCN(C(C)C)C1. The minimum atomic E-state index is 0.179. The van der Waals surface area contributed by atoms with Crippen molar-refractivity contribution >= 4 is 5.91 Å². The predicted octanol–water partition coefficient (Wildman–Crippen LogP) is 1.21. The topological polar surface area (TPSA) is 58.4 Å². The van der Waals surface area contributed by atoms with Gasteiger partial charge in [0.15, 0.2) is 0 Å². The molecule has 1 rings (SSSR count). The van der Waals surface area contributed by atoms with E-state index >= 15 is 0 Å². The lowest BCUT2D eigenvalue weighted by molar-refractivity contribution is -0.121. The fourth-order valence-corrected chi connectivity index (χ4v) is 2.34. The highest BCUT2D eigenvalue weighted by molar-refractivity contribution is 5.75. The smallest absolute Gasteiger partial charge is 0.220 e. The van der Waals surface area contributed by atoms with Crippen molar-refractivity contribution in [1.29, 1.82) is 0 Å². The van der Waals surface area contributed by atoms with E-state index in [0.717, 1.165) is 19.5 Å². The van der Waals surface area contributed by atoms with E-state index in [1.165, 1.54) is 13.0 Å². The van der Waals surface area contributed by atoms with Crippen LogP contribution in [0, 0.1) is 11.8 Å². The van der Waals surface area contributed by atoms with Gasteiger partial charge in [-0.25, -0.2) is 0 Å². The lowest BCUT2D eigenvalue weighted by Gasteiger charge is -2.20. The molecule has 1 amide bonds. The van der Waals surface area contributed by atoms with Gasteiger partial charge in [0, 0.05) is 25.6 Å². The van der Waals surface area contributed by atoms with Crippen molar-refractivity contribution in [1.82, 2.24) is 10.2 Å². The van der Waals surface area contributed by atoms with Crippen LogP contribution in [0.4, 0.5) is 0 Å². The average Bonchev–Trinajstić information content (AvgIpc) is 2.82. The summed E-state index contributed by atoms with van der Waals surface area (Å²) >= 11 is 0. The molecule has 1 aliphatic heterocycles. The van der Waals surface area contributed by atoms with Crippen molar-refractivity contribution in [2.45, 2.75) is 46.1 Å². The molecule has 0 aromatic heterocycles. The lowest BCUT2D eigenvalue weighted by Crippen LogP contribution is -2.33. The van der Waals surface area contributed by atoms with Crippen molar-refractivity contribution in [3.8, 4) is 0 Å². The molecule has 18 heavy (non-hydrogen) atoms. The first kappa shape index (κ1) is 15.4. The number of carbonyl (C=O) groups excluding carboxylic acids is 1. The predicted molar refractivity (Wildman–Crippen MR) is 75.3 cm³/mol. The quantitative estimate of drug-likeness (QED) is 0.719. The lowest BCUT2D eigenvalue weighted by atomic mass is 10.1. The molecule has 0 radical (unpaired) electrons. The summed E-state index contributed by atoms with van der Waals surface area (Å²) in [5.41, 5.74) is 5.54. The van der Waals surface area contributed by atoms with Gasteiger partial charge >= 0.3 is 0 Å². The highest BCUT2D eigenvalue weighted by Crippen LogP contribution is 2.17. The van der Waals surface area contributed by atoms with Gasteiger partial charge < -0.3 is 16.0 Å². The van der Waals surface area contributed by atoms with Crippen LogP contribution in [-0.2, 0) is 4.79 Å². The Morgan fingerprint density at radius 3 is 2.72 bits per heavy atom. The number of amides is 1. The monoisotopic (exact) mass is 255 g/mol. The molecule has 0 bridgehead atoms. The molecule has 0 saturated carbocycles. The van der Waals surface area contributed by atoms with Crippen molar-refractivity contribution in [3.63, 3.8) is 0 Å². The highest BCUT2D eigenvalue weighted by Gasteiger charge is 2.24. The zero-order chi connectivity index (χ0) is 13.5. The third kappa shape index (κ3) is 5.36. The van der Waals surface area contributed by atoms with Crippen LogP contribution < -0.4 is 11.1 Å². The molecule has 2 atom stereocenters. The van der Waals surface area contributed by atoms with Crippen LogP contribution in [0.25, 0.3) is 0 Å². The average molecular weight is 255 g/mol. The van der Waals surface area contributed by atoms with E-state index in [2.05, 4.69) is 31.0 Å². The van der Waals surface area contributed by atoms with E-state index < -0.39 is 0 Å². The minimum absolute atomic E-state index is 0.179. The fourth-order valence-electron chi connectivity index (χ4n) is 2.34. The molecule has 2 unspecified atom stereocenters. The number of nitrogens with two attached hydrogens (primary N) is 1. The van der Waals surface area contributed by atoms with E-state index in [9.17, 15) is 4.79 Å². The summed E-state index contributed by atoms with van der Waals surface area (Å²) in [6.07, 6.45) is 2.71. The molecule has 1 saturated heterocycles. The molecule has 1 fully saturated rings. The normalized spacial score (nSPS) is 22.4. The van der Waals surface area contributed by atoms with Crippen LogP contribution in [-0.4, -0.2) is 43.0 Å². The van der Waals surface area contributed by atoms with Crippen LogP contribution in [0.15, 0.2) is 0 Å². The molecule has 0 spiro atoms. The summed E-state index contributed by atoms with van der Waals surface area (Å²) in [6.45, 7) is 10.3. The van der Waals surface area contributed by atoms with Crippen molar-refractivity contribution in [2.24, 2.45) is 17.6 Å². The first-order valence-electron chi connectivity index (χ1n) is 7.23. The summed E-state index contributed by atoms with van der Waals surface area (Å²) in [4.78, 5) is 14.1. The fraction of sp³-hybridized carbons (Fsp3) is 0.929. The van der Waals surface area contributed by atoms with Gasteiger partial charge in [0.05, 0.1) is 0 Å². The van der Waals surface area contributed by atoms with Gasteiger partial charge in [0.25, 0.3) is 0 Å². The molecule has 1 heterocycles. The Bertz CT molecular complexity index is 255. The summed E-state index contributed by atoms with van der Waals surface area (Å²) < 4.78 is 0. The zero-order valence-corrected chi connectivity index (χ0v) is 12.1. The number of carbonyl (C=O) groups is 1. The number of hydrogen-bond donors (Lipinski definition) is 2. The van der Waals surface area contributed by atoms with E-state index in [-0.39, 0.29) is 5.91 Å². The molecule has 4 nitrogen and oxygen atoms in total. The first-order chi connectivity index (χ1) is 8.52. The largest absolute Gasteiger partial charge is 0.356 e. The molecular weight excluding hydrogens is 226 g/mol. The zero-order valence-electron chi connectivity index (χ0n) is 12.1. The molecule has 106 valence electrons. The van der Waals surface area contributed by atoms with Gasteiger partial charge in [-0.05, 0) is 51.6 Å². The second-order valence-corrected chi connectivity index (χ2v) is 5.93. The molecule has 3 N–H and O–H groups in total. The standard InChI is InChI=1S/C14H29N3O/c1-11(2)17-7-6-13(10-17)9-16-14(18)5-4-12(3)8-15/h11-13H,4-10,15H2,1-3H3,(H,16,18). The van der Waals surface area contributed by atoms with Crippen molar-refractivity contribution < 1.29 is 4.79 Å². The van der Waals surface area contributed by atoms with Crippen LogP contribution in [0.5, 0.6) is 0 Å². The third-order valence-electron chi connectivity index (χ3n) is 3.90. The first-order valence-corrected chi connectivity index (χ1v) is 7.23. The summed E-state index contributed by atoms with van der Waals surface area (Å²) in [6, 6.07) is 0.621. The Morgan fingerprint density at radius 1 is 1.44 bits per heavy atom. The summed E-state index contributed by atoms with van der Waals surface area (Å²) in [5, 5.41) is 3.06. The second-order valence-electron chi connectivity index (χ2n) is 5.93. The summed E-state index contributed by atoms with van der Waals surface area (Å²) in [5.74, 6) is 1.25. The van der Waals surface area contributed by atoms with Gasteiger partial charge in [-0.3, -0.25) is 4.79 Å². The second kappa shape index (κ2) is 7.74. The maximum Gasteiger partial charge on any atom is 0.220 e. The Morgan fingerprint density at radius 2 is 2.17 bits per heavy atom. The van der Waals surface area contributed by atoms with Gasteiger partial charge in [-0.1, -0.05) is 6.92 Å². The third-order valence-corrected chi connectivity index (χ3v) is 3.90. The molecule has 4 heteroatoms. The Kier molecular flexibility index (Phi) is 6.65. The van der Waals surface area contributed by atoms with Crippen LogP contribution in [0.3, 0.4) is 0 Å². The Labute approximate surface area is 111 Å². The Balaban J connectivity index is 2.12. The van der Waals surface area contributed by atoms with E-state index in [1.807, 2.05) is 0 Å². The molecule has 0 aliphatic carbocycles. The molecular formula is C14H29N3O. The van der Waals surface area contributed by atoms with Gasteiger partial charge in [-0.15, -0.1) is 0 Å². The van der Waals surface area contributed by atoms with Crippen molar-refractivity contribution in [3.05, 3.63) is 0 Å².